The molecule has 19 heavy (non-hydrogen) atoms. The van der Waals surface area contributed by atoms with Gasteiger partial charge in [0.05, 0.1) is 15.7 Å². The molecule has 0 atom stereocenters. The lowest BCUT2D eigenvalue weighted by molar-refractivity contribution is 0.421. The van der Waals surface area contributed by atoms with Crippen molar-refractivity contribution in [1.29, 1.82) is 0 Å². The minimum atomic E-state index is 0.0782. The molecule has 102 valence electrons. The van der Waals surface area contributed by atoms with Crippen molar-refractivity contribution in [3.8, 4) is 11.3 Å². The van der Waals surface area contributed by atoms with Crippen LogP contribution in [0, 0.1) is 0 Å². The minimum Gasteiger partial charge on any atom is -0.306 e. The minimum absolute atomic E-state index is 0.0782. The highest BCUT2D eigenvalue weighted by Crippen LogP contribution is 2.27. The summed E-state index contributed by atoms with van der Waals surface area (Å²) in [6.45, 7) is 7.13. The fraction of sp³-hybridized carbons (Fsp3) is 0.357. The van der Waals surface area contributed by atoms with Gasteiger partial charge in [-0.05, 0) is 39.0 Å². The predicted octanol–water partition coefficient (Wildman–Crippen LogP) is 4.27. The van der Waals surface area contributed by atoms with Gasteiger partial charge in [0.2, 0.25) is 0 Å². The summed E-state index contributed by atoms with van der Waals surface area (Å²) in [6.07, 6.45) is 0. The molecular formula is C14H17Cl2N3. The van der Waals surface area contributed by atoms with Gasteiger partial charge in [0.1, 0.15) is 0 Å². The van der Waals surface area contributed by atoms with Crippen molar-refractivity contribution in [3.63, 3.8) is 0 Å². The molecule has 0 amide bonds. The van der Waals surface area contributed by atoms with Crippen LogP contribution in [0.4, 0.5) is 0 Å². The second-order valence-corrected chi connectivity index (χ2v) is 6.33. The van der Waals surface area contributed by atoms with Gasteiger partial charge < -0.3 is 5.32 Å². The number of rotatable bonds is 3. The van der Waals surface area contributed by atoms with Crippen LogP contribution in [0.5, 0.6) is 0 Å². The third-order valence-electron chi connectivity index (χ3n) is 2.66. The summed E-state index contributed by atoms with van der Waals surface area (Å²) in [5, 5.41) is 11.8. The van der Waals surface area contributed by atoms with E-state index in [2.05, 4.69) is 36.3 Å². The summed E-state index contributed by atoms with van der Waals surface area (Å²) >= 11 is 11.9. The van der Waals surface area contributed by atoms with E-state index in [1.165, 1.54) is 0 Å². The van der Waals surface area contributed by atoms with Crippen LogP contribution in [0.3, 0.4) is 0 Å². The maximum atomic E-state index is 6.01. The number of aromatic amines is 1. The summed E-state index contributed by atoms with van der Waals surface area (Å²) < 4.78 is 0. The van der Waals surface area contributed by atoms with Crippen LogP contribution < -0.4 is 5.32 Å². The van der Waals surface area contributed by atoms with E-state index in [1.807, 2.05) is 18.2 Å². The van der Waals surface area contributed by atoms with Gasteiger partial charge in [-0.15, -0.1) is 0 Å². The summed E-state index contributed by atoms with van der Waals surface area (Å²) in [6, 6.07) is 7.52. The molecule has 2 aromatic rings. The molecule has 0 spiro atoms. The van der Waals surface area contributed by atoms with Crippen molar-refractivity contribution < 1.29 is 0 Å². The van der Waals surface area contributed by atoms with Crippen LogP contribution in [0.15, 0.2) is 24.3 Å². The molecule has 1 aromatic carbocycles. The highest BCUT2D eigenvalue weighted by molar-refractivity contribution is 6.42. The number of hydrogen-bond acceptors (Lipinski definition) is 2. The second kappa shape index (κ2) is 5.53. The van der Waals surface area contributed by atoms with Crippen molar-refractivity contribution in [3.05, 3.63) is 40.0 Å². The molecule has 5 heteroatoms. The van der Waals surface area contributed by atoms with Crippen LogP contribution in [0.2, 0.25) is 10.0 Å². The van der Waals surface area contributed by atoms with E-state index < -0.39 is 0 Å². The Hall–Kier alpha value is -1.03. The van der Waals surface area contributed by atoms with Gasteiger partial charge in [0.15, 0.2) is 0 Å². The molecule has 0 saturated carbocycles. The van der Waals surface area contributed by atoms with Gasteiger partial charge in [-0.1, -0.05) is 29.3 Å². The third kappa shape index (κ3) is 3.96. The zero-order valence-corrected chi connectivity index (χ0v) is 12.7. The Morgan fingerprint density at radius 1 is 1.16 bits per heavy atom. The first-order valence-electron chi connectivity index (χ1n) is 6.10. The molecule has 0 bridgehead atoms. The normalized spacial score (nSPS) is 11.8. The SMILES string of the molecule is CC(C)(C)NCc1cc(-c2ccc(Cl)c(Cl)c2)n[nH]1. The fourth-order valence-electron chi connectivity index (χ4n) is 1.62. The van der Waals surface area contributed by atoms with Gasteiger partial charge in [-0.2, -0.15) is 5.10 Å². The van der Waals surface area contributed by atoms with Crippen molar-refractivity contribution in [1.82, 2.24) is 15.5 Å². The maximum Gasteiger partial charge on any atom is 0.0924 e. The lowest BCUT2D eigenvalue weighted by Crippen LogP contribution is -2.35. The number of nitrogens with zero attached hydrogens (tertiary/aromatic N) is 1. The maximum absolute atomic E-state index is 6.01. The Morgan fingerprint density at radius 3 is 2.53 bits per heavy atom. The van der Waals surface area contributed by atoms with Crippen molar-refractivity contribution in [2.45, 2.75) is 32.9 Å². The van der Waals surface area contributed by atoms with Crippen LogP contribution >= 0.6 is 23.2 Å². The smallest absolute Gasteiger partial charge is 0.0924 e. The Bertz CT molecular complexity index is 570. The molecule has 3 nitrogen and oxygen atoms in total. The topological polar surface area (TPSA) is 40.7 Å². The molecule has 0 saturated heterocycles. The number of nitrogens with one attached hydrogen (secondary N) is 2. The first-order chi connectivity index (χ1) is 8.85. The van der Waals surface area contributed by atoms with Crippen LogP contribution in [-0.4, -0.2) is 15.7 Å². The van der Waals surface area contributed by atoms with Crippen molar-refractivity contribution >= 4 is 23.2 Å². The quantitative estimate of drug-likeness (QED) is 0.888. The molecule has 1 heterocycles. The monoisotopic (exact) mass is 297 g/mol. The summed E-state index contributed by atoms with van der Waals surface area (Å²) in [4.78, 5) is 0. The molecule has 0 aliphatic rings. The summed E-state index contributed by atoms with van der Waals surface area (Å²) in [5.41, 5.74) is 2.93. The van der Waals surface area contributed by atoms with Crippen LogP contribution in [-0.2, 0) is 6.54 Å². The van der Waals surface area contributed by atoms with Crippen LogP contribution in [0.25, 0.3) is 11.3 Å². The van der Waals surface area contributed by atoms with Gasteiger partial charge in [-0.25, -0.2) is 0 Å². The summed E-state index contributed by atoms with van der Waals surface area (Å²) in [5.74, 6) is 0. The summed E-state index contributed by atoms with van der Waals surface area (Å²) in [7, 11) is 0. The van der Waals surface area contributed by atoms with Crippen molar-refractivity contribution in [2.24, 2.45) is 0 Å². The largest absolute Gasteiger partial charge is 0.306 e. The van der Waals surface area contributed by atoms with E-state index in [-0.39, 0.29) is 5.54 Å². The Kier molecular flexibility index (Phi) is 4.19. The number of halogens is 2. The third-order valence-corrected chi connectivity index (χ3v) is 3.39. The molecule has 0 aliphatic heterocycles. The Balaban J connectivity index is 2.14. The number of H-pyrrole nitrogens is 1. The first-order valence-corrected chi connectivity index (χ1v) is 6.85. The molecule has 2 rings (SSSR count). The molecule has 0 unspecified atom stereocenters. The van der Waals surface area contributed by atoms with E-state index >= 15 is 0 Å². The van der Waals surface area contributed by atoms with E-state index in [0.29, 0.717) is 10.0 Å². The first kappa shape index (κ1) is 14.4. The average molecular weight is 298 g/mol. The Morgan fingerprint density at radius 2 is 1.89 bits per heavy atom. The standard InChI is InChI=1S/C14H17Cl2N3/c1-14(2,3)17-8-10-7-13(19-18-10)9-4-5-11(15)12(16)6-9/h4-7,17H,8H2,1-3H3,(H,18,19). The van der Waals surface area contributed by atoms with E-state index in [4.69, 9.17) is 23.2 Å². The molecule has 1 aromatic heterocycles. The second-order valence-electron chi connectivity index (χ2n) is 5.51. The van der Waals surface area contributed by atoms with E-state index in [9.17, 15) is 0 Å². The van der Waals surface area contributed by atoms with Gasteiger partial charge in [-0.3, -0.25) is 5.10 Å². The molecule has 0 aliphatic carbocycles. The number of benzene rings is 1. The van der Waals surface area contributed by atoms with Crippen LogP contribution in [0.1, 0.15) is 26.5 Å². The number of hydrogen-bond donors (Lipinski definition) is 2. The molecule has 2 N–H and O–H groups in total. The van der Waals surface area contributed by atoms with E-state index in [1.54, 1.807) is 6.07 Å². The predicted molar refractivity (Wildman–Crippen MR) is 80.6 cm³/mol. The molecular weight excluding hydrogens is 281 g/mol. The zero-order chi connectivity index (χ0) is 14.0. The number of aromatic nitrogens is 2. The zero-order valence-electron chi connectivity index (χ0n) is 11.2. The molecule has 0 radical (unpaired) electrons. The average Bonchev–Trinajstić information content (AvgIpc) is 2.78. The van der Waals surface area contributed by atoms with Gasteiger partial charge >= 0.3 is 0 Å². The fourth-order valence-corrected chi connectivity index (χ4v) is 1.91. The molecule has 0 fully saturated rings. The highest BCUT2D eigenvalue weighted by Gasteiger charge is 2.10. The van der Waals surface area contributed by atoms with E-state index in [0.717, 1.165) is 23.5 Å². The Labute approximate surface area is 123 Å². The highest BCUT2D eigenvalue weighted by atomic mass is 35.5. The lowest BCUT2D eigenvalue weighted by atomic mass is 10.1. The van der Waals surface area contributed by atoms with Crippen molar-refractivity contribution in [2.75, 3.05) is 0 Å². The lowest BCUT2D eigenvalue weighted by Gasteiger charge is -2.19. The van der Waals surface area contributed by atoms with Gasteiger partial charge in [0, 0.05) is 23.3 Å². The van der Waals surface area contributed by atoms with Gasteiger partial charge in [0.25, 0.3) is 0 Å².